The van der Waals surface area contributed by atoms with E-state index in [1.54, 1.807) is 18.2 Å². The number of nitrogens with zero attached hydrogens (tertiary/aromatic N) is 1. The van der Waals surface area contributed by atoms with Crippen molar-refractivity contribution in [2.24, 2.45) is 0 Å². The molecule has 0 saturated carbocycles. The van der Waals surface area contributed by atoms with Crippen molar-refractivity contribution in [2.75, 3.05) is 9.62 Å². The fourth-order valence-corrected chi connectivity index (χ4v) is 11.5. The van der Waals surface area contributed by atoms with Crippen LogP contribution in [0.4, 0.5) is 11.4 Å². The van der Waals surface area contributed by atoms with Gasteiger partial charge in [0.1, 0.15) is 0 Å². The highest BCUT2D eigenvalue weighted by Gasteiger charge is 2.40. The zero-order valence-corrected chi connectivity index (χ0v) is 39.2. The number of sulfonamides is 1. The first-order valence-electron chi connectivity index (χ1n) is 23.4. The molecule has 0 heterocycles. The van der Waals surface area contributed by atoms with Crippen LogP contribution in [0.3, 0.4) is 0 Å². The SMILES string of the molecule is O=C(Nc1ccc(C(c2ccccc2)(c2ccccc2)c2ccccc2)cc1)c1cccc(S(=O)(=O)N(Cc2ccccc2)c2ccc(C(c3ccccc3)(c3ccccc3)c3ccccc3)cc2)c1. The van der Waals surface area contributed by atoms with Crippen molar-refractivity contribution >= 4 is 27.3 Å². The minimum atomic E-state index is -4.23. The summed E-state index contributed by atoms with van der Waals surface area (Å²) in [5.41, 5.74) is 9.33. The number of hydrogen-bond acceptors (Lipinski definition) is 3. The first-order valence-corrected chi connectivity index (χ1v) is 24.8. The molecular weight excluding hydrogens is 877 g/mol. The number of amides is 1. The number of nitrogens with one attached hydrogen (secondary N) is 1. The number of rotatable bonds is 15. The van der Waals surface area contributed by atoms with Crippen molar-refractivity contribution in [2.45, 2.75) is 22.3 Å². The Morgan fingerprint density at radius 2 is 0.700 bits per heavy atom. The standard InChI is InChI=1S/C64H50N2O3S/c67-62(65-59-43-39-57(40-44-59)63(51-26-10-2-11-27-51,52-28-12-3-13-29-52)53-30-14-4-15-31-53)50-25-22-38-61(47-50)70(68,69)66(48-49-23-8-1-9-24-49)60-45-41-58(42-46-60)64(54-32-16-5-17-33-54,55-34-18-6-19-35-55)56-36-20-7-21-37-56/h1-47H,48H2,(H,65,67). The van der Waals surface area contributed by atoms with Gasteiger partial charge in [-0.05, 0) is 92.5 Å². The molecule has 0 aliphatic rings. The van der Waals surface area contributed by atoms with E-state index in [0.717, 1.165) is 50.1 Å². The molecular formula is C64H50N2O3S. The van der Waals surface area contributed by atoms with E-state index in [9.17, 15) is 4.79 Å². The lowest BCUT2D eigenvalue weighted by Crippen LogP contribution is -2.32. The Kier molecular flexibility index (Phi) is 12.9. The van der Waals surface area contributed by atoms with E-state index in [4.69, 9.17) is 0 Å². The van der Waals surface area contributed by atoms with Crippen LogP contribution in [0.5, 0.6) is 0 Å². The van der Waals surface area contributed by atoms with E-state index in [0.29, 0.717) is 11.4 Å². The molecule has 70 heavy (non-hydrogen) atoms. The number of benzene rings is 10. The third kappa shape index (κ3) is 8.62. The maximum Gasteiger partial charge on any atom is 0.264 e. The van der Waals surface area contributed by atoms with Crippen molar-refractivity contribution in [3.05, 3.63) is 341 Å². The largest absolute Gasteiger partial charge is 0.322 e. The van der Waals surface area contributed by atoms with Crippen molar-refractivity contribution in [1.82, 2.24) is 0 Å². The summed E-state index contributed by atoms with van der Waals surface area (Å²) < 4.78 is 31.6. The summed E-state index contributed by atoms with van der Waals surface area (Å²) in [6.07, 6.45) is 0. The molecule has 0 atom stereocenters. The van der Waals surface area contributed by atoms with E-state index in [-0.39, 0.29) is 17.0 Å². The number of hydrogen-bond donors (Lipinski definition) is 1. The molecule has 1 N–H and O–H groups in total. The maximum atomic E-state index is 15.1. The van der Waals surface area contributed by atoms with Gasteiger partial charge >= 0.3 is 0 Å². The second kappa shape index (κ2) is 19.9. The van der Waals surface area contributed by atoms with Crippen LogP contribution in [-0.4, -0.2) is 14.3 Å². The molecule has 0 bridgehead atoms. The zero-order chi connectivity index (χ0) is 47.8. The molecule has 5 nitrogen and oxygen atoms in total. The van der Waals surface area contributed by atoms with Gasteiger partial charge < -0.3 is 5.32 Å². The minimum absolute atomic E-state index is 0.000996. The van der Waals surface area contributed by atoms with E-state index >= 15 is 8.42 Å². The molecule has 6 heteroatoms. The molecule has 340 valence electrons. The molecule has 0 fully saturated rings. The lowest BCUT2D eigenvalue weighted by molar-refractivity contribution is 0.102. The van der Waals surface area contributed by atoms with Gasteiger partial charge in [0.2, 0.25) is 0 Å². The van der Waals surface area contributed by atoms with Gasteiger partial charge in [0.15, 0.2) is 0 Å². The molecule has 10 aromatic rings. The van der Waals surface area contributed by atoms with Gasteiger partial charge in [0.05, 0.1) is 28.0 Å². The highest BCUT2D eigenvalue weighted by Crippen LogP contribution is 2.47. The van der Waals surface area contributed by atoms with Gasteiger partial charge in [0.25, 0.3) is 15.9 Å². The molecule has 1 amide bonds. The topological polar surface area (TPSA) is 66.5 Å². The Morgan fingerprint density at radius 3 is 1.07 bits per heavy atom. The van der Waals surface area contributed by atoms with E-state index in [1.807, 2.05) is 103 Å². The third-order valence-electron chi connectivity index (χ3n) is 13.3. The molecule has 0 saturated heterocycles. The minimum Gasteiger partial charge on any atom is -0.322 e. The molecule has 10 aromatic carbocycles. The van der Waals surface area contributed by atoms with Gasteiger partial charge in [-0.25, -0.2) is 8.42 Å². The highest BCUT2D eigenvalue weighted by molar-refractivity contribution is 7.92. The van der Waals surface area contributed by atoms with E-state index < -0.39 is 26.8 Å². The summed E-state index contributed by atoms with van der Waals surface area (Å²) >= 11 is 0. The van der Waals surface area contributed by atoms with Crippen LogP contribution in [0.1, 0.15) is 60.4 Å². The zero-order valence-electron chi connectivity index (χ0n) is 38.4. The van der Waals surface area contributed by atoms with Gasteiger partial charge in [-0.3, -0.25) is 9.10 Å². The summed E-state index contributed by atoms with van der Waals surface area (Å²) in [5.74, 6) is -0.428. The maximum absolute atomic E-state index is 15.1. The lowest BCUT2D eigenvalue weighted by Gasteiger charge is -2.37. The fraction of sp³-hybridized carbons (Fsp3) is 0.0469. The molecule has 0 radical (unpaired) electrons. The molecule has 0 aliphatic heterocycles. The van der Waals surface area contributed by atoms with Crippen molar-refractivity contribution in [3.8, 4) is 0 Å². The van der Waals surface area contributed by atoms with Crippen molar-refractivity contribution in [1.29, 1.82) is 0 Å². The van der Waals surface area contributed by atoms with Crippen LogP contribution in [0.15, 0.2) is 290 Å². The highest BCUT2D eigenvalue weighted by atomic mass is 32.2. The second-order valence-corrected chi connectivity index (χ2v) is 19.2. The predicted molar refractivity (Wildman–Crippen MR) is 284 cm³/mol. The van der Waals surface area contributed by atoms with Crippen molar-refractivity contribution in [3.63, 3.8) is 0 Å². The predicted octanol–water partition coefficient (Wildman–Crippen LogP) is 14.1. The van der Waals surface area contributed by atoms with Crippen molar-refractivity contribution < 1.29 is 13.2 Å². The van der Waals surface area contributed by atoms with Gasteiger partial charge in [-0.15, -0.1) is 0 Å². The quantitative estimate of drug-likeness (QED) is 0.104. The normalized spacial score (nSPS) is 11.7. The average Bonchev–Trinajstić information content (AvgIpc) is 3.43. The molecule has 0 unspecified atom stereocenters. The summed E-state index contributed by atoms with van der Waals surface area (Å²) in [5, 5.41) is 3.05. The molecule has 0 aliphatic carbocycles. The Bertz CT molecular complexity index is 3220. The van der Waals surface area contributed by atoms with Crippen LogP contribution >= 0.6 is 0 Å². The van der Waals surface area contributed by atoms with Gasteiger partial charge in [-0.1, -0.05) is 243 Å². The van der Waals surface area contributed by atoms with Gasteiger partial charge in [0, 0.05) is 11.3 Å². The summed E-state index contributed by atoms with van der Waals surface area (Å²) in [7, 11) is -4.23. The summed E-state index contributed by atoms with van der Waals surface area (Å²) in [6, 6.07) is 94.2. The van der Waals surface area contributed by atoms with Crippen LogP contribution in [0.25, 0.3) is 0 Å². The van der Waals surface area contributed by atoms with Crippen LogP contribution in [0, 0.1) is 0 Å². The van der Waals surface area contributed by atoms with Crippen LogP contribution in [0.2, 0.25) is 0 Å². The Balaban J connectivity index is 0.987. The van der Waals surface area contributed by atoms with E-state index in [1.165, 1.54) is 10.4 Å². The number of carbonyl (C=O) groups is 1. The van der Waals surface area contributed by atoms with Crippen LogP contribution < -0.4 is 9.62 Å². The summed E-state index contributed by atoms with van der Waals surface area (Å²) in [4.78, 5) is 14.1. The van der Waals surface area contributed by atoms with Crippen LogP contribution in [-0.2, 0) is 27.4 Å². The Labute approximate surface area is 411 Å². The summed E-state index contributed by atoms with van der Waals surface area (Å²) in [6.45, 7) is 0.0723. The first kappa shape index (κ1) is 45.2. The third-order valence-corrected chi connectivity index (χ3v) is 15.0. The smallest absolute Gasteiger partial charge is 0.264 e. The number of anilines is 2. The molecule has 0 spiro atoms. The molecule has 0 aromatic heterocycles. The lowest BCUT2D eigenvalue weighted by atomic mass is 9.65. The first-order chi connectivity index (χ1) is 34.4. The fourth-order valence-electron chi connectivity index (χ4n) is 10.0. The average molecular weight is 927 g/mol. The number of carbonyl (C=O) groups excluding carboxylic acids is 1. The van der Waals surface area contributed by atoms with Gasteiger partial charge in [-0.2, -0.15) is 0 Å². The monoisotopic (exact) mass is 926 g/mol. The Hall–Kier alpha value is -8.58. The second-order valence-electron chi connectivity index (χ2n) is 17.3. The van der Waals surface area contributed by atoms with E-state index in [2.05, 4.69) is 163 Å². The Morgan fingerprint density at radius 1 is 0.371 bits per heavy atom. The molecule has 10 rings (SSSR count).